The average molecular weight is 268 g/mol. The number of nitrogens with one attached hydrogen (secondary N) is 1. The van der Waals surface area contributed by atoms with Gasteiger partial charge >= 0.3 is 0 Å². The van der Waals surface area contributed by atoms with Gasteiger partial charge in [-0.15, -0.1) is 0 Å². The first-order valence-electron chi connectivity index (χ1n) is 7.39. The van der Waals surface area contributed by atoms with Crippen molar-refractivity contribution >= 4 is 0 Å². The summed E-state index contributed by atoms with van der Waals surface area (Å²) >= 11 is 0. The minimum Gasteiger partial charge on any atom is -0.380 e. The second-order valence-corrected chi connectivity index (χ2v) is 4.85. The topological polar surface area (TPSA) is 52.0 Å². The van der Waals surface area contributed by atoms with Crippen LogP contribution in [0.5, 0.6) is 0 Å². The highest BCUT2D eigenvalue weighted by molar-refractivity contribution is 4.92. The lowest BCUT2D eigenvalue weighted by molar-refractivity contribution is 0.0643. The fourth-order valence-electron chi connectivity index (χ4n) is 2.32. The summed E-state index contributed by atoms with van der Waals surface area (Å²) in [6.07, 6.45) is 5.93. The van der Waals surface area contributed by atoms with E-state index in [1.807, 2.05) is 4.68 Å². The van der Waals surface area contributed by atoms with E-state index in [4.69, 9.17) is 4.74 Å². The zero-order chi connectivity index (χ0) is 14.1. The van der Waals surface area contributed by atoms with Crippen LogP contribution in [0.25, 0.3) is 0 Å². The second-order valence-electron chi connectivity index (χ2n) is 4.85. The largest absolute Gasteiger partial charge is 0.380 e. The third kappa shape index (κ3) is 4.91. The predicted molar refractivity (Wildman–Crippen MR) is 77.2 cm³/mol. The number of hydrogen-bond acceptors (Lipinski definition) is 4. The molecule has 19 heavy (non-hydrogen) atoms. The van der Waals surface area contributed by atoms with Crippen LogP contribution in [0.4, 0.5) is 0 Å². The molecule has 1 N–H and O–H groups in total. The fraction of sp³-hybridized carbons (Fsp3) is 0.857. The molecule has 0 bridgehead atoms. The standard InChI is InChI=1S/C14H28N4O/c1-5-8-15-12(13(7-3)19-4)10-14-16-11-17-18(14)9-6-2/h11-13,15H,5-10H2,1-4H3. The zero-order valence-electron chi connectivity index (χ0n) is 12.7. The molecule has 0 radical (unpaired) electrons. The lowest BCUT2D eigenvalue weighted by atomic mass is 10.0. The third-order valence-electron chi connectivity index (χ3n) is 3.34. The number of hydrogen-bond donors (Lipinski definition) is 1. The van der Waals surface area contributed by atoms with Gasteiger partial charge in [-0.05, 0) is 25.8 Å². The van der Waals surface area contributed by atoms with Crippen molar-refractivity contribution in [3.05, 3.63) is 12.2 Å². The Labute approximate surface area is 116 Å². The van der Waals surface area contributed by atoms with Gasteiger partial charge in [0.1, 0.15) is 12.2 Å². The molecule has 5 nitrogen and oxygen atoms in total. The Morgan fingerprint density at radius 2 is 2.11 bits per heavy atom. The van der Waals surface area contributed by atoms with E-state index in [1.54, 1.807) is 13.4 Å². The molecule has 0 aliphatic heterocycles. The summed E-state index contributed by atoms with van der Waals surface area (Å²) in [4.78, 5) is 4.39. The summed E-state index contributed by atoms with van der Waals surface area (Å²) in [6, 6.07) is 0.301. The molecule has 1 rings (SSSR count). The van der Waals surface area contributed by atoms with Crippen molar-refractivity contribution in [3.8, 4) is 0 Å². The molecule has 5 heteroatoms. The van der Waals surface area contributed by atoms with E-state index in [0.29, 0.717) is 6.04 Å². The molecule has 2 atom stereocenters. The molecule has 0 amide bonds. The highest BCUT2D eigenvalue weighted by atomic mass is 16.5. The summed E-state index contributed by atoms with van der Waals surface area (Å²) in [5.74, 6) is 1.05. The van der Waals surface area contributed by atoms with Crippen LogP contribution >= 0.6 is 0 Å². The van der Waals surface area contributed by atoms with E-state index in [0.717, 1.165) is 44.6 Å². The normalized spacial score (nSPS) is 14.5. The summed E-state index contributed by atoms with van der Waals surface area (Å²) in [7, 11) is 1.78. The Bertz CT molecular complexity index is 336. The van der Waals surface area contributed by atoms with Gasteiger partial charge in [0.25, 0.3) is 0 Å². The highest BCUT2D eigenvalue weighted by Gasteiger charge is 2.21. The predicted octanol–water partition coefficient (Wildman–Crippen LogP) is 2.02. The van der Waals surface area contributed by atoms with Crippen molar-refractivity contribution in [3.63, 3.8) is 0 Å². The molecule has 2 unspecified atom stereocenters. The van der Waals surface area contributed by atoms with E-state index < -0.39 is 0 Å². The monoisotopic (exact) mass is 268 g/mol. The van der Waals surface area contributed by atoms with Crippen molar-refractivity contribution in [1.29, 1.82) is 0 Å². The molecule has 0 spiro atoms. The first kappa shape index (κ1) is 16.1. The van der Waals surface area contributed by atoms with Crippen LogP contribution in [-0.4, -0.2) is 40.6 Å². The van der Waals surface area contributed by atoms with Crippen LogP contribution in [0, 0.1) is 0 Å². The van der Waals surface area contributed by atoms with Gasteiger partial charge in [-0.25, -0.2) is 4.98 Å². The first-order valence-corrected chi connectivity index (χ1v) is 7.39. The van der Waals surface area contributed by atoms with E-state index in [-0.39, 0.29) is 6.10 Å². The highest BCUT2D eigenvalue weighted by Crippen LogP contribution is 2.10. The van der Waals surface area contributed by atoms with Gasteiger partial charge in [0.05, 0.1) is 6.10 Å². The van der Waals surface area contributed by atoms with Crippen molar-refractivity contribution < 1.29 is 4.74 Å². The Morgan fingerprint density at radius 1 is 1.32 bits per heavy atom. The van der Waals surface area contributed by atoms with E-state index in [9.17, 15) is 0 Å². The molecule has 0 fully saturated rings. The third-order valence-corrected chi connectivity index (χ3v) is 3.34. The molecule has 0 aromatic carbocycles. The number of aryl methyl sites for hydroxylation is 1. The molecule has 1 aromatic rings. The maximum Gasteiger partial charge on any atom is 0.138 e. The first-order chi connectivity index (χ1) is 9.26. The molecule has 1 aromatic heterocycles. The lowest BCUT2D eigenvalue weighted by Gasteiger charge is -2.26. The number of aromatic nitrogens is 3. The number of rotatable bonds is 10. The Hall–Kier alpha value is -0.940. The Morgan fingerprint density at radius 3 is 2.68 bits per heavy atom. The molecule has 0 saturated heterocycles. The zero-order valence-corrected chi connectivity index (χ0v) is 12.7. The fourth-order valence-corrected chi connectivity index (χ4v) is 2.32. The Kier molecular flexibility index (Phi) is 7.67. The SMILES string of the molecule is CCCNC(Cc1ncnn1CCC)C(CC)OC. The van der Waals surface area contributed by atoms with Crippen LogP contribution in [0.2, 0.25) is 0 Å². The van der Waals surface area contributed by atoms with Crippen LogP contribution in [-0.2, 0) is 17.7 Å². The summed E-state index contributed by atoms with van der Waals surface area (Å²) < 4.78 is 7.59. The summed E-state index contributed by atoms with van der Waals surface area (Å²) in [5.41, 5.74) is 0. The van der Waals surface area contributed by atoms with Crippen LogP contribution in [0.15, 0.2) is 6.33 Å². The molecule has 0 aliphatic rings. The van der Waals surface area contributed by atoms with Gasteiger partial charge in [0.2, 0.25) is 0 Å². The average Bonchev–Trinajstić information content (AvgIpc) is 2.85. The van der Waals surface area contributed by atoms with Gasteiger partial charge < -0.3 is 10.1 Å². The summed E-state index contributed by atoms with van der Waals surface area (Å²) in [6.45, 7) is 8.43. The minimum absolute atomic E-state index is 0.221. The number of nitrogens with zero attached hydrogens (tertiary/aromatic N) is 3. The van der Waals surface area contributed by atoms with Crippen molar-refractivity contribution in [2.75, 3.05) is 13.7 Å². The van der Waals surface area contributed by atoms with Gasteiger partial charge in [0.15, 0.2) is 0 Å². The van der Waals surface area contributed by atoms with E-state index in [2.05, 4.69) is 36.2 Å². The van der Waals surface area contributed by atoms with Crippen molar-refractivity contribution in [2.24, 2.45) is 0 Å². The van der Waals surface area contributed by atoms with E-state index >= 15 is 0 Å². The van der Waals surface area contributed by atoms with E-state index in [1.165, 1.54) is 0 Å². The van der Waals surface area contributed by atoms with Crippen molar-refractivity contribution in [2.45, 2.75) is 65.1 Å². The van der Waals surface area contributed by atoms with Crippen LogP contribution in [0.1, 0.15) is 45.9 Å². The summed E-state index contributed by atoms with van der Waals surface area (Å²) in [5, 5.41) is 7.86. The maximum atomic E-state index is 5.59. The van der Waals surface area contributed by atoms with Crippen molar-refractivity contribution in [1.82, 2.24) is 20.1 Å². The quantitative estimate of drug-likeness (QED) is 0.705. The van der Waals surface area contributed by atoms with Crippen LogP contribution in [0.3, 0.4) is 0 Å². The van der Waals surface area contributed by atoms with Crippen LogP contribution < -0.4 is 5.32 Å². The minimum atomic E-state index is 0.221. The molecule has 0 saturated carbocycles. The smallest absolute Gasteiger partial charge is 0.138 e. The molecule has 1 heterocycles. The van der Waals surface area contributed by atoms with Gasteiger partial charge in [-0.3, -0.25) is 4.68 Å². The Balaban J connectivity index is 2.71. The second kappa shape index (κ2) is 9.04. The van der Waals surface area contributed by atoms with Gasteiger partial charge in [-0.1, -0.05) is 20.8 Å². The number of ether oxygens (including phenoxy) is 1. The lowest BCUT2D eigenvalue weighted by Crippen LogP contribution is -2.43. The molecule has 0 aliphatic carbocycles. The molecular weight excluding hydrogens is 240 g/mol. The van der Waals surface area contributed by atoms with Gasteiger partial charge in [0, 0.05) is 26.1 Å². The number of methoxy groups -OCH3 is 1. The molecule has 110 valence electrons. The maximum absolute atomic E-state index is 5.59. The molecular formula is C14H28N4O. The van der Waals surface area contributed by atoms with Gasteiger partial charge in [-0.2, -0.15) is 5.10 Å².